The molecule has 0 aromatic carbocycles. The van der Waals surface area contributed by atoms with Crippen LogP contribution in [0.2, 0.25) is 0 Å². The average Bonchev–Trinajstić information content (AvgIpc) is 2.07. The fourth-order valence-electron chi connectivity index (χ4n) is 1.32. The summed E-state index contributed by atoms with van der Waals surface area (Å²) in [5, 5.41) is 0. The lowest BCUT2D eigenvalue weighted by Gasteiger charge is -2.10. The molecule has 0 atom stereocenters. The summed E-state index contributed by atoms with van der Waals surface area (Å²) in [6.07, 6.45) is -1.37. The zero-order valence-electron chi connectivity index (χ0n) is 7.84. The van der Waals surface area contributed by atoms with Gasteiger partial charge < -0.3 is 5.73 Å². The molecule has 1 rings (SSSR count). The van der Waals surface area contributed by atoms with Gasteiger partial charge in [0.2, 0.25) is 5.91 Å². The third-order valence-corrected chi connectivity index (χ3v) is 1.97. The maximum Gasteiger partial charge on any atom is 0.266 e. The number of nitrogens with two attached hydrogens (primary N) is 1. The van der Waals surface area contributed by atoms with E-state index in [1.807, 2.05) is 0 Å². The minimum absolute atomic E-state index is 0.118. The van der Waals surface area contributed by atoms with Crippen molar-refractivity contribution in [2.24, 2.45) is 5.73 Å². The van der Waals surface area contributed by atoms with E-state index in [1.54, 1.807) is 0 Å². The summed E-state index contributed by atoms with van der Waals surface area (Å²) in [6, 6.07) is 0. The smallest absolute Gasteiger partial charge is 0.266 e. The quantitative estimate of drug-likeness (QED) is 0.790. The molecule has 1 aromatic heterocycles. The van der Waals surface area contributed by atoms with E-state index in [0.29, 0.717) is 5.56 Å². The maximum absolute atomic E-state index is 12.6. The van der Waals surface area contributed by atoms with Gasteiger partial charge in [0.25, 0.3) is 6.43 Å². The first kappa shape index (κ1) is 10.6. The van der Waals surface area contributed by atoms with Crippen molar-refractivity contribution in [2.45, 2.75) is 20.3 Å². The van der Waals surface area contributed by atoms with Crippen LogP contribution < -0.4 is 5.73 Å². The van der Waals surface area contributed by atoms with Crippen molar-refractivity contribution in [1.82, 2.24) is 4.98 Å². The van der Waals surface area contributed by atoms with Crippen LogP contribution in [0.4, 0.5) is 8.78 Å². The molecule has 2 N–H and O–H groups in total. The number of aryl methyl sites for hydroxylation is 2. The summed E-state index contributed by atoms with van der Waals surface area (Å²) < 4.78 is 25.2. The summed E-state index contributed by atoms with van der Waals surface area (Å²) in [4.78, 5) is 14.7. The van der Waals surface area contributed by atoms with Crippen molar-refractivity contribution < 1.29 is 13.6 Å². The Kier molecular flexibility index (Phi) is 2.78. The van der Waals surface area contributed by atoms with Crippen LogP contribution >= 0.6 is 0 Å². The lowest BCUT2D eigenvalue weighted by atomic mass is 10.0. The Morgan fingerprint density at radius 3 is 2.43 bits per heavy atom. The number of carbonyl (C=O) groups is 1. The Labute approximate surface area is 79.9 Å². The summed E-state index contributed by atoms with van der Waals surface area (Å²) in [6.45, 7) is 2.95. The van der Waals surface area contributed by atoms with Gasteiger partial charge in [-0.2, -0.15) is 0 Å². The van der Waals surface area contributed by atoms with Crippen molar-refractivity contribution in [1.29, 1.82) is 0 Å². The maximum atomic E-state index is 12.6. The molecule has 14 heavy (non-hydrogen) atoms. The molecule has 0 aliphatic heterocycles. The van der Waals surface area contributed by atoms with Crippen molar-refractivity contribution in [3.63, 3.8) is 0 Å². The minimum atomic E-state index is -2.73. The van der Waals surface area contributed by atoms with Gasteiger partial charge in [-0.05, 0) is 19.4 Å². The summed E-state index contributed by atoms with van der Waals surface area (Å²) in [7, 11) is 0. The summed E-state index contributed by atoms with van der Waals surface area (Å²) >= 11 is 0. The van der Waals surface area contributed by atoms with E-state index in [4.69, 9.17) is 5.73 Å². The zero-order chi connectivity index (χ0) is 10.9. The second-order valence-electron chi connectivity index (χ2n) is 2.98. The van der Waals surface area contributed by atoms with Gasteiger partial charge in [0.05, 0.1) is 11.1 Å². The van der Waals surface area contributed by atoms with Gasteiger partial charge in [-0.3, -0.25) is 9.78 Å². The van der Waals surface area contributed by atoms with Gasteiger partial charge in [-0.25, -0.2) is 8.78 Å². The highest BCUT2D eigenvalue weighted by atomic mass is 19.3. The van der Waals surface area contributed by atoms with Crippen molar-refractivity contribution in [3.05, 3.63) is 28.6 Å². The van der Waals surface area contributed by atoms with Crippen LogP contribution in [0.15, 0.2) is 6.20 Å². The van der Waals surface area contributed by atoms with Gasteiger partial charge in [0.1, 0.15) is 0 Å². The Balaban J connectivity index is 3.50. The number of alkyl halides is 2. The van der Waals surface area contributed by atoms with Gasteiger partial charge in [-0.15, -0.1) is 0 Å². The Morgan fingerprint density at radius 1 is 1.50 bits per heavy atom. The number of amides is 1. The first-order chi connectivity index (χ1) is 6.45. The molecule has 1 amide bonds. The van der Waals surface area contributed by atoms with Crippen LogP contribution in [0, 0.1) is 13.8 Å². The standard InChI is InChI=1S/C9H10F2N2O/c1-4-3-13-5(2)7(8(10)11)6(4)9(12)14/h3,8H,1-2H3,(H2,12,14). The lowest BCUT2D eigenvalue weighted by molar-refractivity contribution is 0.0984. The number of halogens is 2. The van der Waals surface area contributed by atoms with E-state index < -0.39 is 12.3 Å². The zero-order valence-corrected chi connectivity index (χ0v) is 7.84. The monoisotopic (exact) mass is 200 g/mol. The number of hydrogen-bond acceptors (Lipinski definition) is 2. The largest absolute Gasteiger partial charge is 0.366 e. The summed E-state index contributed by atoms with van der Waals surface area (Å²) in [5.74, 6) is -0.844. The molecule has 0 saturated carbocycles. The molecule has 0 unspecified atom stereocenters. The number of pyridine rings is 1. The van der Waals surface area contributed by atoms with E-state index in [2.05, 4.69) is 4.98 Å². The molecule has 0 fully saturated rings. The molecular formula is C9H10F2N2O. The number of carbonyl (C=O) groups excluding carboxylic acids is 1. The molecule has 1 heterocycles. The number of rotatable bonds is 2. The Morgan fingerprint density at radius 2 is 2.07 bits per heavy atom. The van der Waals surface area contributed by atoms with E-state index in [1.165, 1.54) is 20.0 Å². The molecule has 0 spiro atoms. The van der Waals surface area contributed by atoms with Gasteiger partial charge in [0.15, 0.2) is 0 Å². The van der Waals surface area contributed by atoms with E-state index in [9.17, 15) is 13.6 Å². The first-order valence-corrected chi connectivity index (χ1v) is 3.99. The fraction of sp³-hybridized carbons (Fsp3) is 0.333. The van der Waals surface area contributed by atoms with Gasteiger partial charge in [0, 0.05) is 11.9 Å². The van der Waals surface area contributed by atoms with Gasteiger partial charge >= 0.3 is 0 Å². The third kappa shape index (κ3) is 1.71. The lowest BCUT2D eigenvalue weighted by Crippen LogP contribution is -2.17. The van der Waals surface area contributed by atoms with Crippen molar-refractivity contribution in [3.8, 4) is 0 Å². The predicted molar refractivity (Wildman–Crippen MR) is 47.2 cm³/mol. The molecule has 5 heteroatoms. The van der Waals surface area contributed by atoms with Gasteiger partial charge in [-0.1, -0.05) is 0 Å². The molecule has 0 aliphatic carbocycles. The Bertz CT molecular complexity index is 377. The van der Waals surface area contributed by atoms with Crippen LogP contribution in [0.1, 0.15) is 33.6 Å². The van der Waals surface area contributed by atoms with Crippen LogP contribution in [-0.2, 0) is 0 Å². The highest BCUT2D eigenvalue weighted by Gasteiger charge is 2.21. The highest BCUT2D eigenvalue weighted by molar-refractivity contribution is 5.96. The summed E-state index contributed by atoms with van der Waals surface area (Å²) in [5.41, 5.74) is 5.05. The SMILES string of the molecule is Cc1cnc(C)c(C(F)F)c1C(N)=O. The average molecular weight is 200 g/mol. The highest BCUT2D eigenvalue weighted by Crippen LogP contribution is 2.26. The van der Waals surface area contributed by atoms with E-state index >= 15 is 0 Å². The van der Waals surface area contributed by atoms with Crippen molar-refractivity contribution >= 4 is 5.91 Å². The third-order valence-electron chi connectivity index (χ3n) is 1.97. The molecule has 76 valence electrons. The molecule has 0 saturated heterocycles. The topological polar surface area (TPSA) is 56.0 Å². The number of primary amides is 1. The fourth-order valence-corrected chi connectivity index (χ4v) is 1.32. The number of nitrogens with zero attached hydrogens (tertiary/aromatic N) is 1. The van der Waals surface area contributed by atoms with Crippen LogP contribution in [0.25, 0.3) is 0 Å². The van der Waals surface area contributed by atoms with Crippen LogP contribution in [0.3, 0.4) is 0 Å². The number of aromatic nitrogens is 1. The molecular weight excluding hydrogens is 190 g/mol. The van der Waals surface area contributed by atoms with Crippen molar-refractivity contribution in [2.75, 3.05) is 0 Å². The molecule has 0 radical (unpaired) electrons. The van der Waals surface area contributed by atoms with Crippen LogP contribution in [0.5, 0.6) is 0 Å². The first-order valence-electron chi connectivity index (χ1n) is 3.99. The van der Waals surface area contributed by atoms with Crippen LogP contribution in [-0.4, -0.2) is 10.9 Å². The Hall–Kier alpha value is -1.52. The normalized spacial score (nSPS) is 10.6. The molecule has 0 aliphatic rings. The molecule has 1 aromatic rings. The molecule has 0 bridgehead atoms. The number of hydrogen-bond donors (Lipinski definition) is 1. The van der Waals surface area contributed by atoms with E-state index in [0.717, 1.165) is 0 Å². The van der Waals surface area contributed by atoms with E-state index in [-0.39, 0.29) is 16.8 Å². The predicted octanol–water partition coefficient (Wildman–Crippen LogP) is 1.73. The second kappa shape index (κ2) is 3.69. The molecule has 3 nitrogen and oxygen atoms in total. The second-order valence-corrected chi connectivity index (χ2v) is 2.98. The minimum Gasteiger partial charge on any atom is -0.366 e.